The number of aliphatic hydroxyl groups is 1. The monoisotopic (exact) mass is 261 g/mol. The molecule has 2 aromatic rings. The van der Waals surface area contributed by atoms with Crippen molar-refractivity contribution in [1.82, 2.24) is 9.13 Å². The second kappa shape index (κ2) is 5.42. The van der Waals surface area contributed by atoms with Crippen LogP contribution < -0.4 is 11.4 Å². The van der Waals surface area contributed by atoms with Gasteiger partial charge in [0.25, 0.3) is 0 Å². The van der Waals surface area contributed by atoms with E-state index >= 15 is 0 Å². The maximum absolute atomic E-state index is 12.2. The lowest BCUT2D eigenvalue weighted by Gasteiger charge is -2.10. The lowest BCUT2D eigenvalue weighted by atomic mass is 10.1. The van der Waals surface area contributed by atoms with E-state index in [1.165, 1.54) is 0 Å². The summed E-state index contributed by atoms with van der Waals surface area (Å²) in [5.74, 6) is 0. The van der Waals surface area contributed by atoms with Crippen LogP contribution in [0.1, 0.15) is 31.5 Å². The van der Waals surface area contributed by atoms with Crippen molar-refractivity contribution in [3.05, 3.63) is 52.7 Å². The number of aliphatic hydroxyl groups excluding tert-OH is 1. The van der Waals surface area contributed by atoms with Crippen LogP contribution in [0.5, 0.6) is 0 Å². The van der Waals surface area contributed by atoms with Crippen molar-refractivity contribution in [2.45, 2.75) is 25.9 Å². The molecule has 0 aliphatic carbocycles. The summed E-state index contributed by atoms with van der Waals surface area (Å²) >= 11 is 0. The molecule has 0 amide bonds. The van der Waals surface area contributed by atoms with Crippen LogP contribution in [0.25, 0.3) is 5.69 Å². The average Bonchev–Trinajstić information content (AvgIpc) is 2.80. The number of benzene rings is 1. The van der Waals surface area contributed by atoms with Gasteiger partial charge in [-0.25, -0.2) is 4.79 Å². The minimum atomic E-state index is -0.428. The molecule has 102 valence electrons. The van der Waals surface area contributed by atoms with Crippen LogP contribution in [0.15, 0.2) is 41.5 Å². The fourth-order valence-electron chi connectivity index (χ4n) is 1.99. The molecule has 0 saturated heterocycles. The highest BCUT2D eigenvalue weighted by atomic mass is 16.3. The topological polar surface area (TPSA) is 73.2 Å². The number of aromatic nitrogens is 2. The van der Waals surface area contributed by atoms with Gasteiger partial charge >= 0.3 is 5.69 Å². The highest BCUT2D eigenvalue weighted by Gasteiger charge is 2.10. The third-order valence-corrected chi connectivity index (χ3v) is 3.13. The highest BCUT2D eigenvalue weighted by molar-refractivity contribution is 5.37. The average molecular weight is 261 g/mol. The van der Waals surface area contributed by atoms with E-state index in [0.29, 0.717) is 0 Å². The Balaban J connectivity index is 2.45. The van der Waals surface area contributed by atoms with Gasteiger partial charge in [-0.2, -0.15) is 0 Å². The second-order valence-electron chi connectivity index (χ2n) is 4.84. The normalized spacial score (nSPS) is 12.9. The molecule has 2 rings (SSSR count). The van der Waals surface area contributed by atoms with E-state index in [1.807, 2.05) is 38.1 Å². The number of nitrogens with zero attached hydrogens (tertiary/aromatic N) is 2. The molecule has 1 atom stereocenters. The molecule has 0 fully saturated rings. The van der Waals surface area contributed by atoms with Crippen molar-refractivity contribution in [2.75, 3.05) is 6.61 Å². The molecular weight excluding hydrogens is 242 g/mol. The highest BCUT2D eigenvalue weighted by Crippen LogP contribution is 2.14. The van der Waals surface area contributed by atoms with Crippen molar-refractivity contribution in [3.63, 3.8) is 0 Å². The summed E-state index contributed by atoms with van der Waals surface area (Å²) in [5.41, 5.74) is 7.28. The Hall–Kier alpha value is -1.85. The third-order valence-electron chi connectivity index (χ3n) is 3.13. The second-order valence-corrected chi connectivity index (χ2v) is 4.84. The molecule has 0 spiro atoms. The summed E-state index contributed by atoms with van der Waals surface area (Å²) in [6, 6.07) is 7.04. The number of rotatable bonds is 4. The van der Waals surface area contributed by atoms with Crippen LogP contribution in [-0.4, -0.2) is 20.8 Å². The SMILES string of the molecule is CC(C)n1ccn(-c2cccc(C(N)CO)c2)c1=O. The molecule has 1 heterocycles. The Morgan fingerprint density at radius 3 is 2.63 bits per heavy atom. The van der Waals surface area contributed by atoms with Crippen molar-refractivity contribution >= 4 is 0 Å². The maximum atomic E-state index is 12.2. The Labute approximate surface area is 111 Å². The number of hydrogen-bond acceptors (Lipinski definition) is 3. The molecule has 1 aromatic carbocycles. The summed E-state index contributed by atoms with van der Waals surface area (Å²) in [5, 5.41) is 9.08. The van der Waals surface area contributed by atoms with E-state index in [2.05, 4.69) is 0 Å². The van der Waals surface area contributed by atoms with Gasteiger partial charge in [0.2, 0.25) is 0 Å². The van der Waals surface area contributed by atoms with E-state index < -0.39 is 6.04 Å². The van der Waals surface area contributed by atoms with Gasteiger partial charge in [-0.1, -0.05) is 12.1 Å². The standard InChI is InChI=1S/C14H19N3O2/c1-10(2)16-6-7-17(14(16)19)12-5-3-4-11(8-12)13(15)9-18/h3-8,10,13,18H,9,15H2,1-2H3. The van der Waals surface area contributed by atoms with Gasteiger partial charge in [0.15, 0.2) is 0 Å². The van der Waals surface area contributed by atoms with Crippen molar-refractivity contribution in [1.29, 1.82) is 0 Å². The first-order chi connectivity index (χ1) is 9.04. The van der Waals surface area contributed by atoms with Crippen LogP contribution in [-0.2, 0) is 0 Å². The van der Waals surface area contributed by atoms with Gasteiger partial charge in [0, 0.05) is 18.4 Å². The first-order valence-electron chi connectivity index (χ1n) is 6.31. The molecule has 0 radical (unpaired) electrons. The minimum absolute atomic E-state index is 0.0790. The van der Waals surface area contributed by atoms with Crippen molar-refractivity contribution < 1.29 is 5.11 Å². The van der Waals surface area contributed by atoms with E-state index in [-0.39, 0.29) is 18.3 Å². The van der Waals surface area contributed by atoms with Gasteiger partial charge in [-0.05, 0) is 31.5 Å². The minimum Gasteiger partial charge on any atom is -0.394 e. The largest absolute Gasteiger partial charge is 0.394 e. The van der Waals surface area contributed by atoms with Crippen LogP contribution in [0.3, 0.4) is 0 Å². The molecule has 3 N–H and O–H groups in total. The van der Waals surface area contributed by atoms with Crippen LogP contribution >= 0.6 is 0 Å². The number of nitrogens with two attached hydrogens (primary N) is 1. The lowest BCUT2D eigenvalue weighted by Crippen LogP contribution is -2.24. The summed E-state index contributed by atoms with van der Waals surface area (Å²) in [6.07, 6.45) is 3.51. The molecular formula is C14H19N3O2. The van der Waals surface area contributed by atoms with E-state index in [9.17, 15) is 4.79 Å². The summed E-state index contributed by atoms with van der Waals surface area (Å²) in [7, 11) is 0. The molecule has 5 nitrogen and oxygen atoms in total. The predicted octanol–water partition coefficient (Wildman–Crippen LogP) is 1.21. The molecule has 5 heteroatoms. The van der Waals surface area contributed by atoms with E-state index in [4.69, 9.17) is 10.8 Å². The Morgan fingerprint density at radius 1 is 1.32 bits per heavy atom. The number of imidazole rings is 1. The Bertz CT molecular complexity index is 613. The maximum Gasteiger partial charge on any atom is 0.332 e. The quantitative estimate of drug-likeness (QED) is 0.869. The lowest BCUT2D eigenvalue weighted by molar-refractivity contribution is 0.268. The molecule has 19 heavy (non-hydrogen) atoms. The molecule has 1 aromatic heterocycles. The smallest absolute Gasteiger partial charge is 0.332 e. The molecule has 0 bridgehead atoms. The van der Waals surface area contributed by atoms with Crippen LogP contribution in [0.2, 0.25) is 0 Å². The van der Waals surface area contributed by atoms with E-state index in [1.54, 1.807) is 21.5 Å². The molecule has 0 saturated carbocycles. The molecule has 0 aliphatic heterocycles. The van der Waals surface area contributed by atoms with Gasteiger partial charge < -0.3 is 10.8 Å². The van der Waals surface area contributed by atoms with Gasteiger partial charge in [-0.3, -0.25) is 9.13 Å². The first-order valence-corrected chi connectivity index (χ1v) is 6.31. The predicted molar refractivity (Wildman–Crippen MR) is 74.4 cm³/mol. The van der Waals surface area contributed by atoms with Crippen molar-refractivity contribution in [2.24, 2.45) is 5.73 Å². The van der Waals surface area contributed by atoms with Gasteiger partial charge in [0.05, 0.1) is 18.3 Å². The first kappa shape index (κ1) is 13.6. The van der Waals surface area contributed by atoms with Crippen molar-refractivity contribution in [3.8, 4) is 5.69 Å². The fraction of sp³-hybridized carbons (Fsp3) is 0.357. The molecule has 0 aliphatic rings. The zero-order valence-corrected chi connectivity index (χ0v) is 11.2. The van der Waals surface area contributed by atoms with E-state index in [0.717, 1.165) is 11.3 Å². The third kappa shape index (κ3) is 2.62. The van der Waals surface area contributed by atoms with Gasteiger partial charge in [0.1, 0.15) is 0 Å². The summed E-state index contributed by atoms with van der Waals surface area (Å²) in [6.45, 7) is 3.80. The van der Waals surface area contributed by atoms with Gasteiger partial charge in [-0.15, -0.1) is 0 Å². The zero-order valence-electron chi connectivity index (χ0n) is 11.2. The van der Waals surface area contributed by atoms with Crippen LogP contribution in [0, 0.1) is 0 Å². The molecule has 1 unspecified atom stereocenters. The number of hydrogen-bond donors (Lipinski definition) is 2. The Morgan fingerprint density at radius 2 is 2.05 bits per heavy atom. The van der Waals surface area contributed by atoms with Crippen LogP contribution in [0.4, 0.5) is 0 Å². The Kier molecular flexibility index (Phi) is 3.87. The summed E-state index contributed by atoms with van der Waals surface area (Å²) in [4.78, 5) is 12.2. The fourth-order valence-corrected chi connectivity index (χ4v) is 1.99. The summed E-state index contributed by atoms with van der Waals surface area (Å²) < 4.78 is 3.24. The zero-order chi connectivity index (χ0) is 14.0.